The Labute approximate surface area is 208 Å². The Morgan fingerprint density at radius 3 is 2.29 bits per heavy atom. The SMILES string of the molecule is CC[C@@]12C=CCN(C)C(=O)[C@@H]1[C@H]1C(=O)N([C@@H](CO)CC(C)C)C3C(=O)N(C(C)(C)C)CC=C[C@@]31O2. The van der Waals surface area contributed by atoms with Gasteiger partial charge in [-0.25, -0.2) is 0 Å². The zero-order valence-electron chi connectivity index (χ0n) is 22.2. The van der Waals surface area contributed by atoms with Crippen molar-refractivity contribution in [1.29, 1.82) is 0 Å². The predicted molar refractivity (Wildman–Crippen MR) is 132 cm³/mol. The van der Waals surface area contributed by atoms with Crippen LogP contribution >= 0.6 is 0 Å². The average Bonchev–Trinajstić information content (AvgIpc) is 3.07. The maximum atomic E-state index is 14.4. The van der Waals surface area contributed by atoms with E-state index in [0.29, 0.717) is 25.9 Å². The minimum atomic E-state index is -1.28. The van der Waals surface area contributed by atoms with Crippen molar-refractivity contribution in [3.05, 3.63) is 24.3 Å². The van der Waals surface area contributed by atoms with Gasteiger partial charge in [0.15, 0.2) is 0 Å². The van der Waals surface area contributed by atoms with Gasteiger partial charge >= 0.3 is 0 Å². The lowest BCUT2D eigenvalue weighted by Gasteiger charge is -2.43. The molecule has 2 saturated heterocycles. The fraction of sp³-hybridized carbons (Fsp3) is 0.741. The van der Waals surface area contributed by atoms with Gasteiger partial charge in [-0.1, -0.05) is 45.1 Å². The summed E-state index contributed by atoms with van der Waals surface area (Å²) in [4.78, 5) is 47.4. The van der Waals surface area contributed by atoms with Crippen LogP contribution in [-0.2, 0) is 19.1 Å². The largest absolute Gasteiger partial charge is 0.394 e. The van der Waals surface area contributed by atoms with Crippen molar-refractivity contribution in [2.75, 3.05) is 26.7 Å². The normalized spacial score (nSPS) is 35.9. The van der Waals surface area contributed by atoms with Crippen LogP contribution < -0.4 is 0 Å². The average molecular weight is 488 g/mol. The molecule has 4 heterocycles. The number of likely N-dealkylation sites (tertiary alicyclic amines) is 1. The van der Waals surface area contributed by atoms with Gasteiger partial charge in [0.2, 0.25) is 17.7 Å². The second-order valence-electron chi connectivity index (χ2n) is 12.0. The van der Waals surface area contributed by atoms with E-state index in [0.717, 1.165) is 0 Å². The molecule has 194 valence electrons. The van der Waals surface area contributed by atoms with Crippen LogP contribution in [0.4, 0.5) is 0 Å². The van der Waals surface area contributed by atoms with Crippen molar-refractivity contribution in [2.24, 2.45) is 17.8 Å². The predicted octanol–water partition coefficient (Wildman–Crippen LogP) is 1.98. The number of carbonyl (C=O) groups excluding carboxylic acids is 3. The van der Waals surface area contributed by atoms with E-state index < -0.39 is 40.7 Å². The summed E-state index contributed by atoms with van der Waals surface area (Å²) < 4.78 is 6.92. The number of ether oxygens (including phenoxy) is 1. The third kappa shape index (κ3) is 3.75. The monoisotopic (exact) mass is 487 g/mol. The van der Waals surface area contributed by atoms with Crippen LogP contribution in [-0.4, -0.2) is 93.1 Å². The zero-order valence-corrected chi connectivity index (χ0v) is 22.2. The summed E-state index contributed by atoms with van der Waals surface area (Å²) in [7, 11) is 1.74. The number of hydrogen-bond donors (Lipinski definition) is 1. The van der Waals surface area contributed by atoms with Crippen molar-refractivity contribution in [2.45, 2.75) is 83.2 Å². The molecule has 0 aromatic heterocycles. The highest BCUT2D eigenvalue weighted by molar-refractivity contribution is 6.00. The molecular formula is C27H41N3O5. The first-order valence-electron chi connectivity index (χ1n) is 12.9. The van der Waals surface area contributed by atoms with E-state index >= 15 is 0 Å². The quantitative estimate of drug-likeness (QED) is 0.599. The number of rotatable bonds is 5. The van der Waals surface area contributed by atoms with E-state index in [2.05, 4.69) is 0 Å². The van der Waals surface area contributed by atoms with Gasteiger partial charge in [-0.3, -0.25) is 14.4 Å². The van der Waals surface area contributed by atoms with E-state index in [4.69, 9.17) is 4.74 Å². The Morgan fingerprint density at radius 1 is 1.06 bits per heavy atom. The highest BCUT2D eigenvalue weighted by atomic mass is 16.5. The topological polar surface area (TPSA) is 90.4 Å². The number of aliphatic hydroxyl groups is 1. The summed E-state index contributed by atoms with van der Waals surface area (Å²) in [6.45, 7) is 12.5. The lowest BCUT2D eigenvalue weighted by atomic mass is 9.73. The number of carbonyl (C=O) groups is 3. The zero-order chi connectivity index (χ0) is 25.9. The third-order valence-electron chi connectivity index (χ3n) is 8.24. The number of hydrogen-bond acceptors (Lipinski definition) is 5. The van der Waals surface area contributed by atoms with Crippen LogP contribution in [0.15, 0.2) is 24.3 Å². The Balaban J connectivity index is 1.94. The second kappa shape index (κ2) is 8.73. The molecule has 0 bridgehead atoms. The molecule has 4 rings (SSSR count). The van der Waals surface area contributed by atoms with Crippen molar-refractivity contribution >= 4 is 17.7 Å². The highest BCUT2D eigenvalue weighted by Crippen LogP contribution is 2.59. The Kier molecular flexibility index (Phi) is 6.46. The van der Waals surface area contributed by atoms with E-state index in [9.17, 15) is 19.5 Å². The van der Waals surface area contributed by atoms with Gasteiger partial charge in [-0.15, -0.1) is 0 Å². The maximum absolute atomic E-state index is 14.4. The van der Waals surface area contributed by atoms with Crippen LogP contribution in [0, 0.1) is 17.8 Å². The molecule has 1 N–H and O–H groups in total. The van der Waals surface area contributed by atoms with Crippen molar-refractivity contribution < 1.29 is 24.2 Å². The van der Waals surface area contributed by atoms with Gasteiger partial charge in [0, 0.05) is 25.7 Å². The first-order chi connectivity index (χ1) is 16.3. The first-order valence-corrected chi connectivity index (χ1v) is 12.9. The van der Waals surface area contributed by atoms with E-state index in [1.54, 1.807) is 21.7 Å². The van der Waals surface area contributed by atoms with Crippen molar-refractivity contribution in [1.82, 2.24) is 14.7 Å². The molecular weight excluding hydrogens is 446 g/mol. The molecule has 4 aliphatic heterocycles. The van der Waals surface area contributed by atoms with Crippen LogP contribution in [0.2, 0.25) is 0 Å². The molecule has 0 aliphatic carbocycles. The minimum Gasteiger partial charge on any atom is -0.394 e. The first kappa shape index (κ1) is 25.9. The van der Waals surface area contributed by atoms with Gasteiger partial charge in [0.1, 0.15) is 11.6 Å². The molecule has 6 atom stereocenters. The summed E-state index contributed by atoms with van der Waals surface area (Å²) in [6.07, 6.45) is 8.70. The summed E-state index contributed by atoms with van der Waals surface area (Å²) in [5, 5.41) is 10.4. The standard InChI is InChI=1S/C27H41N3O5/c1-8-26-11-9-13-28(7)22(32)19(26)20-23(33)30(18(16-31)15-17(2)3)21-24(34)29(25(4,5)6)14-10-12-27(20,21)35-26/h9-12,17-21,31H,8,13-16H2,1-7H3/t18-,19+,20+,21?,26-,27+/m1/s1. The molecule has 35 heavy (non-hydrogen) atoms. The molecule has 8 heteroatoms. The van der Waals surface area contributed by atoms with Crippen molar-refractivity contribution in [3.63, 3.8) is 0 Å². The molecule has 0 saturated carbocycles. The highest BCUT2D eigenvalue weighted by Gasteiger charge is 2.76. The molecule has 0 aromatic rings. The number of fused-ring (bicyclic) bond motifs is 2. The lowest BCUT2D eigenvalue weighted by molar-refractivity contribution is -0.159. The Bertz CT molecular complexity index is 953. The number of aliphatic hydroxyl groups excluding tert-OH is 1. The minimum absolute atomic E-state index is 0.144. The van der Waals surface area contributed by atoms with Crippen molar-refractivity contribution in [3.8, 4) is 0 Å². The Hall–Kier alpha value is -2.19. The third-order valence-corrected chi connectivity index (χ3v) is 8.24. The van der Waals surface area contributed by atoms with Gasteiger partial charge in [0.05, 0.1) is 30.1 Å². The molecule has 8 nitrogen and oxygen atoms in total. The summed E-state index contributed by atoms with van der Waals surface area (Å²) in [5.41, 5.74) is -2.73. The van der Waals surface area contributed by atoms with Gasteiger partial charge in [-0.05, 0) is 39.5 Å². The maximum Gasteiger partial charge on any atom is 0.249 e. The van der Waals surface area contributed by atoms with Gasteiger partial charge < -0.3 is 24.5 Å². The summed E-state index contributed by atoms with van der Waals surface area (Å²) in [5.74, 6) is -2.00. The Morgan fingerprint density at radius 2 is 1.71 bits per heavy atom. The fourth-order valence-electron chi connectivity index (χ4n) is 6.64. The smallest absolute Gasteiger partial charge is 0.249 e. The number of amides is 3. The van der Waals surface area contributed by atoms with Crippen LogP contribution in [0.5, 0.6) is 0 Å². The van der Waals surface area contributed by atoms with E-state index in [1.807, 2.05) is 65.8 Å². The van der Waals surface area contributed by atoms with Crippen LogP contribution in [0.25, 0.3) is 0 Å². The molecule has 1 unspecified atom stereocenters. The number of likely N-dealkylation sites (N-methyl/N-ethyl adjacent to an activating group) is 1. The fourth-order valence-corrected chi connectivity index (χ4v) is 6.64. The van der Waals surface area contributed by atoms with Gasteiger partial charge in [-0.2, -0.15) is 0 Å². The van der Waals surface area contributed by atoms with Crippen LogP contribution in [0.1, 0.15) is 54.4 Å². The molecule has 4 aliphatic rings. The lowest BCUT2D eigenvalue weighted by Crippen LogP contribution is -2.61. The molecule has 0 aromatic carbocycles. The second-order valence-corrected chi connectivity index (χ2v) is 12.0. The molecule has 3 amide bonds. The van der Waals surface area contributed by atoms with E-state index in [-0.39, 0.29) is 30.2 Å². The number of nitrogens with zero attached hydrogens (tertiary/aromatic N) is 3. The molecule has 0 radical (unpaired) electrons. The summed E-state index contributed by atoms with van der Waals surface area (Å²) >= 11 is 0. The van der Waals surface area contributed by atoms with E-state index in [1.165, 1.54) is 0 Å². The summed E-state index contributed by atoms with van der Waals surface area (Å²) in [6, 6.07) is -1.49. The van der Waals surface area contributed by atoms with Gasteiger partial charge in [0.25, 0.3) is 0 Å². The molecule has 2 fully saturated rings. The van der Waals surface area contributed by atoms with Crippen LogP contribution in [0.3, 0.4) is 0 Å². The molecule has 1 spiro atoms.